The third kappa shape index (κ3) is 2.82. The quantitative estimate of drug-likeness (QED) is 0.941. The van der Waals surface area contributed by atoms with Gasteiger partial charge in [-0.25, -0.2) is 9.97 Å². The average Bonchev–Trinajstić information content (AvgIpc) is 3.00. The lowest BCUT2D eigenvalue weighted by Gasteiger charge is -2.18. The molecule has 0 atom stereocenters. The minimum atomic E-state index is -0.0359. The molecule has 1 aliphatic rings. The predicted molar refractivity (Wildman–Crippen MR) is 84.5 cm³/mol. The van der Waals surface area contributed by atoms with Crippen molar-refractivity contribution in [2.24, 2.45) is 5.92 Å². The van der Waals surface area contributed by atoms with Crippen molar-refractivity contribution in [1.29, 1.82) is 0 Å². The van der Waals surface area contributed by atoms with Gasteiger partial charge in [-0.05, 0) is 31.0 Å². The molecule has 1 fully saturated rings. The van der Waals surface area contributed by atoms with Crippen LogP contribution in [0.15, 0.2) is 24.5 Å². The maximum absolute atomic E-state index is 11.8. The molecular weight excluding hydrogens is 264 g/mol. The number of anilines is 2. The van der Waals surface area contributed by atoms with E-state index < -0.39 is 0 Å². The normalized spacial score (nSPS) is 14.9. The molecule has 0 saturated carbocycles. The van der Waals surface area contributed by atoms with E-state index in [9.17, 15) is 4.79 Å². The van der Waals surface area contributed by atoms with Crippen LogP contribution in [-0.2, 0) is 4.79 Å². The summed E-state index contributed by atoms with van der Waals surface area (Å²) in [4.78, 5) is 22.8. The van der Waals surface area contributed by atoms with Gasteiger partial charge in [-0.1, -0.05) is 13.8 Å². The minimum absolute atomic E-state index is 0.0168. The third-order valence-corrected chi connectivity index (χ3v) is 3.81. The zero-order valence-corrected chi connectivity index (χ0v) is 12.5. The van der Waals surface area contributed by atoms with Crippen LogP contribution in [0.4, 0.5) is 11.5 Å². The molecule has 0 spiro atoms. The highest BCUT2D eigenvalue weighted by Crippen LogP contribution is 2.27. The van der Waals surface area contributed by atoms with E-state index in [1.165, 1.54) is 12.8 Å². The van der Waals surface area contributed by atoms with Gasteiger partial charge in [0.1, 0.15) is 12.1 Å². The van der Waals surface area contributed by atoms with Crippen molar-refractivity contribution >= 4 is 28.3 Å². The Kier molecular flexibility index (Phi) is 3.73. The van der Waals surface area contributed by atoms with E-state index in [1.807, 2.05) is 32.0 Å². The Labute approximate surface area is 124 Å². The standard InChI is InChI=1S/C16H20N4O/c1-11(2)16(21)19-12-5-6-13-14(9-12)17-10-18-15(13)20-7-3-4-8-20/h5-6,9-11H,3-4,7-8H2,1-2H3,(H,19,21). The average molecular weight is 284 g/mol. The van der Waals surface area contributed by atoms with Crippen molar-refractivity contribution in [3.05, 3.63) is 24.5 Å². The molecule has 0 aliphatic carbocycles. The molecule has 2 heterocycles. The Balaban J connectivity index is 1.94. The molecular formula is C16H20N4O. The Morgan fingerprint density at radius 3 is 2.71 bits per heavy atom. The topological polar surface area (TPSA) is 58.1 Å². The summed E-state index contributed by atoms with van der Waals surface area (Å²) in [5, 5.41) is 3.95. The Morgan fingerprint density at radius 1 is 1.24 bits per heavy atom. The van der Waals surface area contributed by atoms with Crippen LogP contribution in [0, 0.1) is 5.92 Å². The number of amides is 1. The van der Waals surface area contributed by atoms with E-state index in [1.54, 1.807) is 6.33 Å². The third-order valence-electron chi connectivity index (χ3n) is 3.81. The van der Waals surface area contributed by atoms with Gasteiger partial charge in [-0.3, -0.25) is 4.79 Å². The lowest BCUT2D eigenvalue weighted by atomic mass is 10.1. The highest BCUT2D eigenvalue weighted by atomic mass is 16.1. The van der Waals surface area contributed by atoms with Gasteiger partial charge in [0.25, 0.3) is 0 Å². The van der Waals surface area contributed by atoms with E-state index >= 15 is 0 Å². The molecule has 1 amide bonds. The summed E-state index contributed by atoms with van der Waals surface area (Å²) >= 11 is 0. The zero-order valence-electron chi connectivity index (χ0n) is 12.5. The predicted octanol–water partition coefficient (Wildman–Crippen LogP) is 2.82. The Morgan fingerprint density at radius 2 is 2.00 bits per heavy atom. The number of aromatic nitrogens is 2. The number of carbonyl (C=O) groups excluding carboxylic acids is 1. The van der Waals surface area contributed by atoms with Crippen molar-refractivity contribution in [1.82, 2.24) is 9.97 Å². The maximum atomic E-state index is 11.8. The first-order valence-corrected chi connectivity index (χ1v) is 7.46. The summed E-state index contributed by atoms with van der Waals surface area (Å²) in [5.41, 5.74) is 1.65. The number of benzene rings is 1. The monoisotopic (exact) mass is 284 g/mol. The maximum Gasteiger partial charge on any atom is 0.226 e. The molecule has 0 bridgehead atoms. The molecule has 1 aliphatic heterocycles. The van der Waals surface area contributed by atoms with Gasteiger partial charge in [0.2, 0.25) is 5.91 Å². The van der Waals surface area contributed by atoms with Crippen LogP contribution >= 0.6 is 0 Å². The van der Waals surface area contributed by atoms with Crippen LogP contribution in [0.3, 0.4) is 0 Å². The van der Waals surface area contributed by atoms with Gasteiger partial charge in [0, 0.05) is 30.1 Å². The number of carbonyl (C=O) groups is 1. The Hall–Kier alpha value is -2.17. The zero-order chi connectivity index (χ0) is 14.8. The van der Waals surface area contributed by atoms with Crippen LogP contribution < -0.4 is 10.2 Å². The van der Waals surface area contributed by atoms with Crippen molar-refractivity contribution < 1.29 is 4.79 Å². The first-order chi connectivity index (χ1) is 10.1. The largest absolute Gasteiger partial charge is 0.356 e. The number of nitrogens with zero attached hydrogens (tertiary/aromatic N) is 3. The highest BCUT2D eigenvalue weighted by molar-refractivity contribution is 5.96. The number of hydrogen-bond donors (Lipinski definition) is 1. The van der Waals surface area contributed by atoms with Crippen molar-refractivity contribution in [2.45, 2.75) is 26.7 Å². The summed E-state index contributed by atoms with van der Waals surface area (Å²) in [6.07, 6.45) is 4.03. The van der Waals surface area contributed by atoms with E-state index in [0.29, 0.717) is 0 Å². The summed E-state index contributed by atoms with van der Waals surface area (Å²) in [5.74, 6) is 0.980. The van der Waals surface area contributed by atoms with Gasteiger partial charge < -0.3 is 10.2 Å². The van der Waals surface area contributed by atoms with Gasteiger partial charge >= 0.3 is 0 Å². The second-order valence-electron chi connectivity index (χ2n) is 5.77. The van der Waals surface area contributed by atoms with Crippen molar-refractivity contribution in [2.75, 3.05) is 23.3 Å². The molecule has 2 aromatic rings. The molecule has 1 N–H and O–H groups in total. The van der Waals surface area contributed by atoms with E-state index in [2.05, 4.69) is 20.2 Å². The molecule has 0 unspecified atom stereocenters. The number of rotatable bonds is 3. The number of fused-ring (bicyclic) bond motifs is 1. The fourth-order valence-electron chi connectivity index (χ4n) is 2.59. The number of hydrogen-bond acceptors (Lipinski definition) is 4. The van der Waals surface area contributed by atoms with Crippen molar-refractivity contribution in [3.63, 3.8) is 0 Å². The molecule has 5 nitrogen and oxygen atoms in total. The van der Waals surface area contributed by atoms with Crippen LogP contribution in [0.25, 0.3) is 10.9 Å². The Bertz CT molecular complexity index is 662. The summed E-state index contributed by atoms with van der Waals surface area (Å²) in [6.45, 7) is 5.87. The fourth-order valence-corrected chi connectivity index (χ4v) is 2.59. The summed E-state index contributed by atoms with van der Waals surface area (Å²) < 4.78 is 0. The number of nitrogens with one attached hydrogen (secondary N) is 1. The smallest absolute Gasteiger partial charge is 0.226 e. The van der Waals surface area contributed by atoms with Gasteiger partial charge in [0.05, 0.1) is 5.52 Å². The molecule has 3 rings (SSSR count). The van der Waals surface area contributed by atoms with Gasteiger partial charge in [0.15, 0.2) is 0 Å². The van der Waals surface area contributed by atoms with E-state index in [-0.39, 0.29) is 11.8 Å². The minimum Gasteiger partial charge on any atom is -0.356 e. The second kappa shape index (κ2) is 5.68. The molecule has 21 heavy (non-hydrogen) atoms. The first-order valence-electron chi connectivity index (χ1n) is 7.46. The van der Waals surface area contributed by atoms with Gasteiger partial charge in [-0.2, -0.15) is 0 Å². The lowest BCUT2D eigenvalue weighted by Crippen LogP contribution is -2.19. The fraction of sp³-hybridized carbons (Fsp3) is 0.438. The van der Waals surface area contributed by atoms with Gasteiger partial charge in [-0.15, -0.1) is 0 Å². The SMILES string of the molecule is CC(C)C(=O)Nc1ccc2c(N3CCCC3)ncnc2c1. The van der Waals surface area contributed by atoms with Crippen molar-refractivity contribution in [3.8, 4) is 0 Å². The summed E-state index contributed by atoms with van der Waals surface area (Å²) in [7, 11) is 0. The molecule has 1 aromatic carbocycles. The van der Waals surface area contributed by atoms with Crippen LogP contribution in [0.1, 0.15) is 26.7 Å². The highest BCUT2D eigenvalue weighted by Gasteiger charge is 2.16. The molecule has 5 heteroatoms. The summed E-state index contributed by atoms with van der Waals surface area (Å²) in [6, 6.07) is 5.83. The van der Waals surface area contributed by atoms with Crippen LogP contribution in [-0.4, -0.2) is 29.0 Å². The van der Waals surface area contributed by atoms with Crippen LogP contribution in [0.2, 0.25) is 0 Å². The molecule has 1 aromatic heterocycles. The van der Waals surface area contributed by atoms with E-state index in [0.717, 1.165) is 35.5 Å². The lowest BCUT2D eigenvalue weighted by molar-refractivity contribution is -0.118. The van der Waals surface area contributed by atoms with Crippen LogP contribution in [0.5, 0.6) is 0 Å². The second-order valence-corrected chi connectivity index (χ2v) is 5.77. The first kappa shape index (κ1) is 13.8. The molecule has 1 saturated heterocycles. The molecule has 0 radical (unpaired) electrons. The van der Waals surface area contributed by atoms with E-state index in [4.69, 9.17) is 0 Å². The molecule has 110 valence electrons.